The Kier molecular flexibility index (Phi) is 6.35. The Labute approximate surface area is 331 Å². The molecule has 6 nitrogen and oxygen atoms in total. The van der Waals surface area contributed by atoms with Crippen LogP contribution >= 0.6 is 0 Å². The SMILES string of the molecule is c1ccc(-n2c3ccccc3c3cc(-c4ccc5c6ccccc6n(-c6ncnc7c6oc6ccc(-n8c9ccccc9c9ccccc98)cc67)c5c4)ccc32)cc1. The van der Waals surface area contributed by atoms with Crippen LogP contribution in [0.3, 0.4) is 0 Å². The van der Waals surface area contributed by atoms with E-state index in [1.54, 1.807) is 6.33 Å². The highest BCUT2D eigenvalue weighted by atomic mass is 16.3. The fraction of sp³-hybridized carbons (Fsp3) is 0. The molecule has 8 aromatic carbocycles. The average molecular weight is 742 g/mol. The highest BCUT2D eigenvalue weighted by molar-refractivity contribution is 6.14. The number of para-hydroxylation sites is 5. The first-order valence-electron chi connectivity index (χ1n) is 19.6. The molecule has 5 heterocycles. The maximum absolute atomic E-state index is 6.74. The number of benzene rings is 8. The normalized spacial score (nSPS) is 12.1. The number of hydrogen-bond donors (Lipinski definition) is 0. The van der Waals surface area contributed by atoms with Gasteiger partial charge in [0.1, 0.15) is 17.4 Å². The maximum atomic E-state index is 6.74. The van der Waals surface area contributed by atoms with Crippen LogP contribution in [-0.2, 0) is 0 Å². The fourth-order valence-electron chi connectivity index (χ4n) is 9.44. The molecule has 13 rings (SSSR count). The van der Waals surface area contributed by atoms with Gasteiger partial charge in [0.15, 0.2) is 11.4 Å². The average Bonchev–Trinajstić information content (AvgIpc) is 4.02. The lowest BCUT2D eigenvalue weighted by Crippen LogP contribution is -1.99. The molecule has 0 unspecified atom stereocenters. The van der Waals surface area contributed by atoms with E-state index in [4.69, 9.17) is 14.4 Å². The van der Waals surface area contributed by atoms with Crippen molar-refractivity contribution in [2.75, 3.05) is 0 Å². The van der Waals surface area contributed by atoms with Gasteiger partial charge in [0.05, 0.1) is 33.1 Å². The lowest BCUT2D eigenvalue weighted by Gasteiger charge is -2.09. The molecule has 5 aromatic heterocycles. The minimum Gasteiger partial charge on any atom is -0.450 e. The molecule has 0 aliphatic heterocycles. The van der Waals surface area contributed by atoms with Crippen molar-refractivity contribution in [2.45, 2.75) is 0 Å². The van der Waals surface area contributed by atoms with Gasteiger partial charge >= 0.3 is 0 Å². The molecule has 58 heavy (non-hydrogen) atoms. The first-order chi connectivity index (χ1) is 28.8. The topological polar surface area (TPSA) is 53.7 Å². The summed E-state index contributed by atoms with van der Waals surface area (Å²) in [5.41, 5.74) is 13.5. The van der Waals surface area contributed by atoms with Crippen molar-refractivity contribution in [1.29, 1.82) is 0 Å². The highest BCUT2D eigenvalue weighted by Gasteiger charge is 2.22. The molecule has 270 valence electrons. The van der Waals surface area contributed by atoms with Crippen LogP contribution in [0.4, 0.5) is 0 Å². The van der Waals surface area contributed by atoms with Gasteiger partial charge in [-0.05, 0) is 83.9 Å². The van der Waals surface area contributed by atoms with Crippen LogP contribution in [0.15, 0.2) is 193 Å². The number of fused-ring (bicyclic) bond motifs is 12. The Morgan fingerprint density at radius 2 is 0.879 bits per heavy atom. The summed E-state index contributed by atoms with van der Waals surface area (Å²) >= 11 is 0. The van der Waals surface area contributed by atoms with Crippen LogP contribution in [0.25, 0.3) is 116 Å². The molecule has 0 saturated heterocycles. The number of aromatic nitrogens is 5. The molecule has 0 saturated carbocycles. The van der Waals surface area contributed by atoms with E-state index in [1.807, 2.05) is 0 Å². The van der Waals surface area contributed by atoms with Gasteiger partial charge in [-0.25, -0.2) is 9.97 Å². The largest absolute Gasteiger partial charge is 0.450 e. The quantitative estimate of drug-likeness (QED) is 0.180. The van der Waals surface area contributed by atoms with Gasteiger partial charge in [0.2, 0.25) is 0 Å². The minimum absolute atomic E-state index is 0.653. The molecule has 0 fully saturated rings. The zero-order valence-electron chi connectivity index (χ0n) is 31.0. The van der Waals surface area contributed by atoms with Gasteiger partial charge in [-0.15, -0.1) is 0 Å². The van der Waals surface area contributed by atoms with Gasteiger partial charge < -0.3 is 13.6 Å². The molecule has 0 radical (unpaired) electrons. The van der Waals surface area contributed by atoms with E-state index in [9.17, 15) is 0 Å². The zero-order chi connectivity index (χ0) is 37.9. The van der Waals surface area contributed by atoms with Crippen molar-refractivity contribution in [3.8, 4) is 28.3 Å². The Morgan fingerprint density at radius 3 is 1.57 bits per heavy atom. The van der Waals surface area contributed by atoms with Crippen LogP contribution in [0.5, 0.6) is 0 Å². The standard InChI is InChI=1S/C52H31N5O/c1-2-12-34(13-3-1)55-45-20-10-7-17-39(45)41-28-32(23-26-47(41)55)33-22-25-40-38-16-6-11-21-46(38)57(48(40)29-33)52-51-50(53-31-54-52)42-30-35(24-27-49(42)58-51)56-43-18-8-4-14-36(43)37-15-5-9-19-44(37)56/h1-31H. The van der Waals surface area contributed by atoms with Crippen molar-refractivity contribution in [3.05, 3.63) is 188 Å². The number of nitrogens with zero attached hydrogens (tertiary/aromatic N) is 5. The molecule has 0 aliphatic carbocycles. The third kappa shape index (κ3) is 4.31. The summed E-state index contributed by atoms with van der Waals surface area (Å²) in [6.07, 6.45) is 1.67. The molecule has 0 N–H and O–H groups in total. The summed E-state index contributed by atoms with van der Waals surface area (Å²) in [5.74, 6) is 0.712. The van der Waals surface area contributed by atoms with Crippen molar-refractivity contribution < 1.29 is 4.42 Å². The van der Waals surface area contributed by atoms with Crippen molar-refractivity contribution in [3.63, 3.8) is 0 Å². The van der Waals surface area contributed by atoms with E-state index < -0.39 is 0 Å². The summed E-state index contributed by atoms with van der Waals surface area (Å²) in [6, 6.07) is 65.0. The molecule has 0 aliphatic rings. The Bertz CT molecular complexity index is 3750. The van der Waals surface area contributed by atoms with Gasteiger partial charge in [-0.2, -0.15) is 0 Å². The van der Waals surface area contributed by atoms with Crippen LogP contribution in [0.1, 0.15) is 0 Å². The van der Waals surface area contributed by atoms with Crippen LogP contribution < -0.4 is 0 Å². The summed E-state index contributed by atoms with van der Waals surface area (Å²) in [7, 11) is 0. The minimum atomic E-state index is 0.653. The Balaban J connectivity index is 1.01. The molecule has 6 heteroatoms. The van der Waals surface area contributed by atoms with Crippen LogP contribution in [-0.4, -0.2) is 23.7 Å². The second kappa shape index (κ2) is 11.8. The summed E-state index contributed by atoms with van der Waals surface area (Å²) < 4.78 is 13.7. The van der Waals surface area contributed by atoms with E-state index in [0.29, 0.717) is 11.4 Å². The van der Waals surface area contributed by atoms with Gasteiger partial charge in [-0.1, -0.05) is 109 Å². The smallest absolute Gasteiger partial charge is 0.197 e. The zero-order valence-corrected chi connectivity index (χ0v) is 31.0. The van der Waals surface area contributed by atoms with Crippen LogP contribution in [0.2, 0.25) is 0 Å². The van der Waals surface area contributed by atoms with E-state index >= 15 is 0 Å². The Morgan fingerprint density at radius 1 is 0.345 bits per heavy atom. The molecule has 0 atom stereocenters. The van der Waals surface area contributed by atoms with E-state index in [1.165, 1.54) is 32.6 Å². The van der Waals surface area contributed by atoms with E-state index in [-0.39, 0.29) is 0 Å². The summed E-state index contributed by atoms with van der Waals surface area (Å²) in [6.45, 7) is 0. The molecule has 0 spiro atoms. The number of furan rings is 1. The summed E-state index contributed by atoms with van der Waals surface area (Å²) in [5, 5.41) is 8.15. The predicted molar refractivity (Wildman–Crippen MR) is 238 cm³/mol. The number of hydrogen-bond acceptors (Lipinski definition) is 3. The lowest BCUT2D eigenvalue weighted by molar-refractivity contribution is 0.662. The predicted octanol–water partition coefficient (Wildman–Crippen LogP) is 13.3. The molecule has 0 bridgehead atoms. The third-order valence-corrected chi connectivity index (χ3v) is 12.0. The Hall–Kier alpha value is -7.96. The first kappa shape index (κ1) is 31.3. The molecular formula is C52H31N5O. The maximum Gasteiger partial charge on any atom is 0.197 e. The molecular weight excluding hydrogens is 711 g/mol. The van der Waals surface area contributed by atoms with E-state index in [0.717, 1.165) is 71.8 Å². The summed E-state index contributed by atoms with van der Waals surface area (Å²) in [4.78, 5) is 9.82. The second-order valence-corrected chi connectivity index (χ2v) is 15.0. The fourth-order valence-corrected chi connectivity index (χ4v) is 9.44. The van der Waals surface area contributed by atoms with Crippen molar-refractivity contribution in [1.82, 2.24) is 23.7 Å². The van der Waals surface area contributed by atoms with Crippen molar-refractivity contribution in [2.24, 2.45) is 0 Å². The number of rotatable bonds is 4. The highest BCUT2D eigenvalue weighted by Crippen LogP contribution is 2.41. The first-order valence-corrected chi connectivity index (χ1v) is 19.6. The van der Waals surface area contributed by atoms with Gasteiger partial charge in [0.25, 0.3) is 0 Å². The second-order valence-electron chi connectivity index (χ2n) is 15.0. The van der Waals surface area contributed by atoms with E-state index in [2.05, 4.69) is 196 Å². The monoisotopic (exact) mass is 741 g/mol. The van der Waals surface area contributed by atoms with Gasteiger partial charge in [-0.3, -0.25) is 4.57 Å². The van der Waals surface area contributed by atoms with Crippen LogP contribution in [0, 0.1) is 0 Å². The van der Waals surface area contributed by atoms with Crippen molar-refractivity contribution >= 4 is 87.5 Å². The molecule has 13 aromatic rings. The lowest BCUT2D eigenvalue weighted by atomic mass is 10.0. The molecule has 0 amide bonds. The third-order valence-electron chi connectivity index (χ3n) is 12.0. The van der Waals surface area contributed by atoms with Gasteiger partial charge in [0, 0.05) is 49.1 Å².